The molecule has 3 rings (SSSR count). The van der Waals surface area contributed by atoms with Gasteiger partial charge in [0, 0.05) is 15.5 Å². The van der Waals surface area contributed by atoms with Crippen molar-refractivity contribution in [3.05, 3.63) is 52.9 Å². The summed E-state index contributed by atoms with van der Waals surface area (Å²) in [5.41, 5.74) is 6.23. The number of hydrogen-bond acceptors (Lipinski definition) is 4. The van der Waals surface area contributed by atoms with E-state index in [1.807, 2.05) is 36.4 Å². The van der Waals surface area contributed by atoms with Crippen LogP contribution >= 0.6 is 15.9 Å². The lowest BCUT2D eigenvalue weighted by Crippen LogP contribution is -2.02. The van der Waals surface area contributed by atoms with Crippen molar-refractivity contribution in [2.45, 2.75) is 0 Å². The van der Waals surface area contributed by atoms with Gasteiger partial charge in [0.05, 0.1) is 6.20 Å². The van der Waals surface area contributed by atoms with Gasteiger partial charge in [-0.2, -0.15) is 4.98 Å². The number of anilines is 3. The smallest absolute Gasteiger partial charge is 0.222 e. The van der Waals surface area contributed by atoms with Crippen molar-refractivity contribution in [3.63, 3.8) is 0 Å². The highest BCUT2D eigenvalue weighted by molar-refractivity contribution is 9.10. The lowest BCUT2D eigenvalue weighted by atomic mass is 10.1. The molecule has 0 aliphatic carbocycles. The Morgan fingerprint density at radius 3 is 2.65 bits per heavy atom. The van der Waals surface area contributed by atoms with Gasteiger partial charge in [-0.25, -0.2) is 9.37 Å². The second-order valence-electron chi connectivity index (χ2n) is 4.19. The van der Waals surface area contributed by atoms with Crippen LogP contribution in [0.25, 0.3) is 10.8 Å². The number of aromatic nitrogens is 2. The SMILES string of the molecule is Nc1ncc(F)c(Nc2ccc(Br)c3ccccc23)n1. The summed E-state index contributed by atoms with van der Waals surface area (Å²) >= 11 is 3.50. The Hall–Kier alpha value is -2.21. The normalized spacial score (nSPS) is 10.7. The van der Waals surface area contributed by atoms with Gasteiger partial charge in [0.2, 0.25) is 5.95 Å². The molecule has 100 valence electrons. The van der Waals surface area contributed by atoms with Gasteiger partial charge in [0.25, 0.3) is 0 Å². The molecule has 0 aliphatic rings. The quantitative estimate of drug-likeness (QED) is 0.748. The third kappa shape index (κ3) is 2.30. The molecule has 0 radical (unpaired) electrons. The molecule has 0 atom stereocenters. The average molecular weight is 333 g/mol. The summed E-state index contributed by atoms with van der Waals surface area (Å²) in [4.78, 5) is 7.47. The summed E-state index contributed by atoms with van der Waals surface area (Å²) in [5.74, 6) is -0.466. The van der Waals surface area contributed by atoms with Crippen LogP contribution < -0.4 is 11.1 Å². The van der Waals surface area contributed by atoms with Crippen molar-refractivity contribution >= 4 is 44.2 Å². The van der Waals surface area contributed by atoms with Crippen LogP contribution in [0.15, 0.2) is 47.1 Å². The maximum Gasteiger partial charge on any atom is 0.222 e. The molecule has 0 fully saturated rings. The topological polar surface area (TPSA) is 63.8 Å². The summed E-state index contributed by atoms with van der Waals surface area (Å²) in [5, 5.41) is 4.94. The summed E-state index contributed by atoms with van der Waals surface area (Å²) in [6.07, 6.45) is 1.05. The Kier molecular flexibility index (Phi) is 3.23. The first-order valence-electron chi connectivity index (χ1n) is 5.87. The highest BCUT2D eigenvalue weighted by Gasteiger charge is 2.09. The van der Waals surface area contributed by atoms with E-state index in [-0.39, 0.29) is 11.8 Å². The number of hydrogen-bond donors (Lipinski definition) is 2. The molecule has 3 N–H and O–H groups in total. The molecule has 0 aliphatic heterocycles. The lowest BCUT2D eigenvalue weighted by molar-refractivity contribution is 0.620. The molecular formula is C14H10BrFN4. The second kappa shape index (κ2) is 5.05. The Labute approximate surface area is 123 Å². The minimum Gasteiger partial charge on any atom is -0.368 e. The summed E-state index contributed by atoms with van der Waals surface area (Å²) in [7, 11) is 0. The van der Waals surface area contributed by atoms with Crippen LogP contribution in [-0.2, 0) is 0 Å². The molecular weight excluding hydrogens is 323 g/mol. The number of nitrogens with zero attached hydrogens (tertiary/aromatic N) is 2. The zero-order valence-electron chi connectivity index (χ0n) is 10.3. The van der Waals surface area contributed by atoms with E-state index in [1.54, 1.807) is 0 Å². The monoisotopic (exact) mass is 332 g/mol. The van der Waals surface area contributed by atoms with Crippen molar-refractivity contribution in [1.82, 2.24) is 9.97 Å². The van der Waals surface area contributed by atoms with Crippen molar-refractivity contribution in [2.24, 2.45) is 0 Å². The molecule has 0 saturated heterocycles. The van der Waals surface area contributed by atoms with Crippen LogP contribution in [-0.4, -0.2) is 9.97 Å². The standard InChI is InChI=1S/C14H10BrFN4/c15-10-5-6-12(9-4-2-1-3-8(9)10)19-13-11(16)7-18-14(17)20-13/h1-7H,(H3,17,18,19,20). The number of halogens is 2. The van der Waals surface area contributed by atoms with Gasteiger partial charge in [-0.3, -0.25) is 0 Å². The van der Waals surface area contributed by atoms with E-state index in [0.717, 1.165) is 27.1 Å². The van der Waals surface area contributed by atoms with Crippen LogP contribution in [0.2, 0.25) is 0 Å². The highest BCUT2D eigenvalue weighted by atomic mass is 79.9. The summed E-state index contributed by atoms with van der Waals surface area (Å²) in [6.45, 7) is 0. The van der Waals surface area contributed by atoms with Gasteiger partial charge >= 0.3 is 0 Å². The van der Waals surface area contributed by atoms with Crippen LogP contribution in [0.1, 0.15) is 0 Å². The van der Waals surface area contributed by atoms with Crippen LogP contribution in [0.3, 0.4) is 0 Å². The fourth-order valence-corrected chi connectivity index (χ4v) is 2.45. The molecule has 3 aromatic rings. The van der Waals surface area contributed by atoms with Gasteiger partial charge in [0.15, 0.2) is 11.6 Å². The zero-order valence-corrected chi connectivity index (χ0v) is 11.9. The van der Waals surface area contributed by atoms with Crippen LogP contribution in [0, 0.1) is 5.82 Å². The molecule has 1 aromatic heterocycles. The molecule has 0 spiro atoms. The molecule has 4 nitrogen and oxygen atoms in total. The summed E-state index contributed by atoms with van der Waals surface area (Å²) in [6, 6.07) is 11.5. The number of fused-ring (bicyclic) bond motifs is 1. The first kappa shape index (κ1) is 12.8. The van der Waals surface area contributed by atoms with Crippen LogP contribution in [0.5, 0.6) is 0 Å². The van der Waals surface area contributed by atoms with E-state index in [1.165, 1.54) is 0 Å². The number of nitrogens with one attached hydrogen (secondary N) is 1. The first-order chi connectivity index (χ1) is 9.65. The summed E-state index contributed by atoms with van der Waals surface area (Å²) < 4.78 is 14.7. The number of rotatable bonds is 2. The number of nitrogens with two attached hydrogens (primary N) is 1. The van der Waals surface area contributed by atoms with E-state index >= 15 is 0 Å². The zero-order chi connectivity index (χ0) is 14.1. The molecule has 2 aromatic carbocycles. The Morgan fingerprint density at radius 2 is 1.85 bits per heavy atom. The van der Waals surface area contributed by atoms with Crippen molar-refractivity contribution in [2.75, 3.05) is 11.1 Å². The van der Waals surface area contributed by atoms with Gasteiger partial charge < -0.3 is 11.1 Å². The first-order valence-corrected chi connectivity index (χ1v) is 6.67. The predicted molar refractivity (Wildman–Crippen MR) is 81.3 cm³/mol. The van der Waals surface area contributed by atoms with E-state index in [0.29, 0.717) is 0 Å². The fraction of sp³-hybridized carbons (Fsp3) is 0. The molecule has 0 unspecified atom stereocenters. The lowest BCUT2D eigenvalue weighted by Gasteiger charge is -2.11. The van der Waals surface area contributed by atoms with Crippen molar-refractivity contribution < 1.29 is 4.39 Å². The number of nitrogen functional groups attached to an aromatic ring is 1. The Bertz CT molecular complexity index is 791. The molecule has 0 bridgehead atoms. The fourth-order valence-electron chi connectivity index (χ4n) is 1.97. The minimum absolute atomic E-state index is 0.0234. The van der Waals surface area contributed by atoms with Crippen molar-refractivity contribution in [3.8, 4) is 0 Å². The third-order valence-electron chi connectivity index (χ3n) is 2.89. The van der Waals surface area contributed by atoms with E-state index < -0.39 is 5.82 Å². The maximum absolute atomic E-state index is 13.7. The minimum atomic E-state index is -0.550. The van der Waals surface area contributed by atoms with Gasteiger partial charge in [-0.05, 0) is 17.5 Å². The van der Waals surface area contributed by atoms with Crippen molar-refractivity contribution in [1.29, 1.82) is 0 Å². The second-order valence-corrected chi connectivity index (χ2v) is 5.04. The van der Waals surface area contributed by atoms with Gasteiger partial charge in [0.1, 0.15) is 0 Å². The molecule has 6 heteroatoms. The average Bonchev–Trinajstić information content (AvgIpc) is 2.46. The number of benzene rings is 2. The third-order valence-corrected chi connectivity index (χ3v) is 3.58. The predicted octanol–water partition coefficient (Wildman–Crippen LogP) is 3.86. The van der Waals surface area contributed by atoms with E-state index in [4.69, 9.17) is 5.73 Å². The largest absolute Gasteiger partial charge is 0.368 e. The Balaban J connectivity index is 2.11. The molecule has 20 heavy (non-hydrogen) atoms. The van der Waals surface area contributed by atoms with E-state index in [9.17, 15) is 4.39 Å². The van der Waals surface area contributed by atoms with Gasteiger partial charge in [-0.15, -0.1) is 0 Å². The molecule has 0 amide bonds. The molecule has 1 heterocycles. The van der Waals surface area contributed by atoms with Gasteiger partial charge in [-0.1, -0.05) is 40.2 Å². The Morgan fingerprint density at radius 1 is 1.10 bits per heavy atom. The highest BCUT2D eigenvalue weighted by Crippen LogP contribution is 2.31. The maximum atomic E-state index is 13.7. The molecule has 0 saturated carbocycles. The van der Waals surface area contributed by atoms with E-state index in [2.05, 4.69) is 31.2 Å². The van der Waals surface area contributed by atoms with Crippen LogP contribution in [0.4, 0.5) is 21.8 Å².